The predicted molar refractivity (Wildman–Crippen MR) is 54.3 cm³/mol. The van der Waals surface area contributed by atoms with E-state index in [0.29, 0.717) is 5.75 Å². The van der Waals surface area contributed by atoms with Crippen LogP contribution in [0, 0.1) is 0 Å². The Labute approximate surface area is 91.9 Å². The zero-order chi connectivity index (χ0) is 12.8. The van der Waals surface area contributed by atoms with Gasteiger partial charge in [-0.2, -0.15) is 0 Å². The van der Waals surface area contributed by atoms with Gasteiger partial charge in [0.1, 0.15) is 0 Å². The summed E-state index contributed by atoms with van der Waals surface area (Å²) in [4.78, 5) is 25.0. The van der Waals surface area contributed by atoms with Gasteiger partial charge in [-0.05, 0) is 12.1 Å². The molecule has 0 spiro atoms. The molecule has 0 aliphatic heterocycles. The second-order valence-electron chi connectivity index (χ2n) is 1.85. The van der Waals surface area contributed by atoms with Crippen molar-refractivity contribution >= 4 is 21.2 Å². The Bertz CT molecular complexity index is 295. The van der Waals surface area contributed by atoms with Crippen LogP contribution in [0.4, 0.5) is 0 Å². The van der Waals surface area contributed by atoms with Crippen LogP contribution in [0.25, 0.3) is 0 Å². The lowest BCUT2D eigenvalue weighted by Gasteiger charge is -1.86. The summed E-state index contributed by atoms with van der Waals surface area (Å²) in [7, 11) is -2.53. The molecule has 0 aliphatic rings. The van der Waals surface area contributed by atoms with E-state index in [9.17, 15) is 4.57 Å². The van der Waals surface area contributed by atoms with Crippen molar-refractivity contribution in [3.8, 4) is 5.75 Å². The summed E-state index contributed by atoms with van der Waals surface area (Å²) in [6.45, 7) is -0.500. The number of hydrogen-bond donors (Lipinski definition) is 3. The monoisotopic (exact) mass is 249 g/mol. The molecule has 0 aliphatic carbocycles. The Kier molecular flexibility index (Phi) is 13.4. The Morgan fingerprint density at radius 3 is 1.75 bits per heavy atom. The maximum absolute atomic E-state index is 10.1. The first-order valence-electron chi connectivity index (χ1n) is 3.67. The number of carboxylic acid groups (broad SMARTS) is 2. The van der Waals surface area contributed by atoms with E-state index in [1.165, 1.54) is 0 Å². The Hall–Kier alpha value is -1.98. The summed E-state index contributed by atoms with van der Waals surface area (Å²) in [5.41, 5.74) is 0. The van der Waals surface area contributed by atoms with E-state index in [1.54, 1.807) is 30.3 Å². The molecule has 0 saturated carbocycles. The van der Waals surface area contributed by atoms with Crippen molar-refractivity contribution in [2.45, 2.75) is 0 Å². The van der Waals surface area contributed by atoms with Crippen LogP contribution in [0.1, 0.15) is 0 Å². The van der Waals surface area contributed by atoms with Gasteiger partial charge >= 0.3 is 8.25 Å². The van der Waals surface area contributed by atoms with Gasteiger partial charge in [-0.1, -0.05) is 18.2 Å². The fourth-order valence-corrected chi connectivity index (χ4v) is 0.874. The predicted octanol–water partition coefficient (Wildman–Crippen LogP) is 1.12. The van der Waals surface area contributed by atoms with Gasteiger partial charge in [0, 0.05) is 4.57 Å². The highest BCUT2D eigenvalue weighted by Gasteiger charge is 2.12. The van der Waals surface area contributed by atoms with Gasteiger partial charge < -0.3 is 10.2 Å². The third-order valence-electron chi connectivity index (χ3n) is 0.927. The molecule has 0 saturated heterocycles. The number of benzene rings is 1. The molecule has 0 bridgehead atoms. The first-order valence-corrected chi connectivity index (χ1v) is 4.80. The van der Waals surface area contributed by atoms with E-state index in [2.05, 4.69) is 4.52 Å². The standard InChI is InChI=1S/C6H5O3P.2CH2O2/c7-10(8)9-6-4-2-1-3-5-6;2*2-1-3/h1-5H;2*1H,(H,2,3)/p+1. The van der Waals surface area contributed by atoms with Crippen molar-refractivity contribution in [1.82, 2.24) is 0 Å². The third kappa shape index (κ3) is 14.5. The average molecular weight is 249 g/mol. The maximum atomic E-state index is 10.1. The third-order valence-corrected chi connectivity index (χ3v) is 1.29. The van der Waals surface area contributed by atoms with Crippen molar-refractivity contribution in [3.63, 3.8) is 0 Å². The molecule has 88 valence electrons. The highest BCUT2D eigenvalue weighted by atomic mass is 31.1. The minimum absolute atomic E-state index is 0.250. The van der Waals surface area contributed by atoms with E-state index in [1.807, 2.05) is 0 Å². The Morgan fingerprint density at radius 1 is 1.06 bits per heavy atom. The van der Waals surface area contributed by atoms with Crippen LogP contribution in [0.5, 0.6) is 5.75 Å². The fourth-order valence-electron chi connectivity index (χ4n) is 0.572. The number of carbonyl (C=O) groups is 2. The average Bonchev–Trinajstić information content (AvgIpc) is 2.20. The summed E-state index contributed by atoms with van der Waals surface area (Å²) in [5.74, 6) is 0.408. The summed E-state index contributed by atoms with van der Waals surface area (Å²) >= 11 is 0. The second-order valence-corrected chi connectivity index (χ2v) is 2.51. The molecular weight excluding hydrogens is 239 g/mol. The van der Waals surface area contributed by atoms with Crippen molar-refractivity contribution < 1.29 is 33.8 Å². The molecule has 8 heteroatoms. The Balaban J connectivity index is 0. The molecule has 1 rings (SSSR count). The quantitative estimate of drug-likeness (QED) is 0.530. The molecule has 0 amide bonds. The van der Waals surface area contributed by atoms with Gasteiger partial charge in [-0.15, -0.1) is 4.89 Å². The zero-order valence-electron chi connectivity index (χ0n) is 7.96. The summed E-state index contributed by atoms with van der Waals surface area (Å²) in [6.07, 6.45) is 0. The molecule has 1 aromatic carbocycles. The van der Waals surface area contributed by atoms with Crippen LogP contribution >= 0.6 is 8.25 Å². The number of rotatable bonds is 2. The smallest absolute Gasteiger partial charge is 0.483 e. The normalized spacial score (nSPS) is 8.19. The highest BCUT2D eigenvalue weighted by Crippen LogP contribution is 2.21. The van der Waals surface area contributed by atoms with Gasteiger partial charge in [0.25, 0.3) is 12.9 Å². The maximum Gasteiger partial charge on any atom is 0.747 e. The van der Waals surface area contributed by atoms with Crippen LogP contribution in [0.15, 0.2) is 30.3 Å². The molecule has 3 N–H and O–H groups in total. The Morgan fingerprint density at radius 2 is 1.44 bits per heavy atom. The van der Waals surface area contributed by atoms with Crippen molar-refractivity contribution in [2.24, 2.45) is 0 Å². The molecule has 16 heavy (non-hydrogen) atoms. The van der Waals surface area contributed by atoms with E-state index in [4.69, 9.17) is 24.7 Å². The summed E-state index contributed by atoms with van der Waals surface area (Å²) in [5, 5.41) is 13.8. The van der Waals surface area contributed by atoms with Crippen molar-refractivity contribution in [3.05, 3.63) is 30.3 Å². The largest absolute Gasteiger partial charge is 0.747 e. The van der Waals surface area contributed by atoms with E-state index in [-0.39, 0.29) is 12.9 Å². The van der Waals surface area contributed by atoms with Gasteiger partial charge in [0.15, 0.2) is 5.75 Å². The van der Waals surface area contributed by atoms with E-state index >= 15 is 0 Å². The molecule has 0 fully saturated rings. The highest BCUT2D eigenvalue weighted by molar-refractivity contribution is 7.32. The van der Waals surface area contributed by atoms with E-state index < -0.39 is 8.25 Å². The number of hydrogen-bond acceptors (Lipinski definition) is 4. The van der Waals surface area contributed by atoms with Gasteiger partial charge in [0.05, 0.1) is 0 Å². The lowest BCUT2D eigenvalue weighted by Crippen LogP contribution is -1.77. The molecule has 7 nitrogen and oxygen atoms in total. The minimum Gasteiger partial charge on any atom is -0.483 e. The first-order chi connectivity index (χ1) is 7.62. The van der Waals surface area contributed by atoms with Crippen LogP contribution in [0.2, 0.25) is 0 Å². The lowest BCUT2D eigenvalue weighted by molar-refractivity contribution is -0.123. The molecule has 1 aromatic rings. The zero-order valence-corrected chi connectivity index (χ0v) is 8.86. The molecule has 0 heterocycles. The van der Waals surface area contributed by atoms with E-state index in [0.717, 1.165) is 0 Å². The van der Waals surface area contributed by atoms with Gasteiger partial charge in [-0.3, -0.25) is 9.59 Å². The van der Waals surface area contributed by atoms with Crippen LogP contribution < -0.4 is 4.52 Å². The molecule has 1 atom stereocenters. The van der Waals surface area contributed by atoms with Gasteiger partial charge in [0.2, 0.25) is 0 Å². The SMILES string of the molecule is O=CO.O=CO.O=[P+](O)Oc1ccccc1. The molecule has 1 unspecified atom stereocenters. The van der Waals surface area contributed by atoms with Gasteiger partial charge in [-0.25, -0.2) is 4.52 Å². The molecular formula is C8H10O7P+. The topological polar surface area (TPSA) is 121 Å². The first kappa shape index (κ1) is 16.4. The van der Waals surface area contributed by atoms with Crippen molar-refractivity contribution in [1.29, 1.82) is 0 Å². The second kappa shape index (κ2) is 13.0. The molecule has 0 radical (unpaired) electrons. The van der Waals surface area contributed by atoms with Crippen LogP contribution in [0.3, 0.4) is 0 Å². The van der Waals surface area contributed by atoms with Crippen LogP contribution in [-0.2, 0) is 14.2 Å². The number of para-hydroxylation sites is 1. The van der Waals surface area contributed by atoms with Crippen LogP contribution in [-0.4, -0.2) is 28.1 Å². The summed E-state index contributed by atoms with van der Waals surface area (Å²) < 4.78 is 14.6. The summed E-state index contributed by atoms with van der Waals surface area (Å²) in [6, 6.07) is 8.49. The minimum atomic E-state index is -2.53. The fraction of sp³-hybridized carbons (Fsp3) is 0. The molecule has 0 aromatic heterocycles. The lowest BCUT2D eigenvalue weighted by atomic mass is 10.3. The van der Waals surface area contributed by atoms with Crippen molar-refractivity contribution in [2.75, 3.05) is 0 Å².